The van der Waals surface area contributed by atoms with E-state index in [0.29, 0.717) is 31.6 Å². The quantitative estimate of drug-likeness (QED) is 0.273. The third-order valence-corrected chi connectivity index (χ3v) is 4.18. The van der Waals surface area contributed by atoms with Gasteiger partial charge in [-0.05, 0) is 43.4 Å². The Balaban J connectivity index is 0.00000288. The zero-order valence-electron chi connectivity index (χ0n) is 14.4. The van der Waals surface area contributed by atoms with Crippen molar-refractivity contribution in [3.05, 3.63) is 42.0 Å². The highest BCUT2D eigenvalue weighted by Gasteiger charge is 2.18. The zero-order valence-corrected chi connectivity index (χ0v) is 16.7. The van der Waals surface area contributed by atoms with E-state index < -0.39 is 0 Å². The molecule has 1 aliphatic heterocycles. The van der Waals surface area contributed by atoms with Crippen LogP contribution in [0, 0.1) is 5.92 Å². The summed E-state index contributed by atoms with van der Waals surface area (Å²) in [4.78, 5) is 6.71. The fourth-order valence-corrected chi connectivity index (χ4v) is 2.66. The fourth-order valence-electron chi connectivity index (χ4n) is 2.66. The molecule has 0 bridgehead atoms. The maximum Gasteiger partial charge on any atom is 0.189 e. The molecule has 134 valence electrons. The topological polar surface area (TPSA) is 73.9 Å². The lowest BCUT2D eigenvalue weighted by Crippen LogP contribution is -2.34. The number of aliphatic imine (C=N–C) groups is 1. The highest BCUT2D eigenvalue weighted by atomic mass is 127. The van der Waals surface area contributed by atoms with Crippen LogP contribution in [0.1, 0.15) is 25.3 Å². The molecule has 1 aromatic rings. The molecule has 0 atom stereocenters. The van der Waals surface area contributed by atoms with Crippen molar-refractivity contribution in [2.75, 3.05) is 31.1 Å². The summed E-state index contributed by atoms with van der Waals surface area (Å²) in [6.07, 6.45) is 2.13. The molecule has 4 N–H and O–H groups in total. The third kappa shape index (κ3) is 6.68. The van der Waals surface area contributed by atoms with Gasteiger partial charge in [-0.15, -0.1) is 24.0 Å². The molecule has 1 aliphatic rings. The second-order valence-corrected chi connectivity index (χ2v) is 6.29. The van der Waals surface area contributed by atoms with Crippen LogP contribution >= 0.6 is 24.0 Å². The van der Waals surface area contributed by atoms with E-state index in [1.165, 1.54) is 5.69 Å². The van der Waals surface area contributed by atoms with Crippen molar-refractivity contribution in [3.63, 3.8) is 0 Å². The average Bonchev–Trinajstić information content (AvgIpc) is 2.58. The number of hydrogen-bond acceptors (Lipinski definition) is 3. The van der Waals surface area contributed by atoms with Gasteiger partial charge in [0.1, 0.15) is 0 Å². The highest BCUT2D eigenvalue weighted by Crippen LogP contribution is 2.23. The molecule has 1 aromatic carbocycles. The summed E-state index contributed by atoms with van der Waals surface area (Å²) in [5.74, 6) is 0.915. The minimum atomic E-state index is 0. The molecule has 0 saturated carbocycles. The van der Waals surface area contributed by atoms with Gasteiger partial charge in [-0.25, -0.2) is 4.99 Å². The monoisotopic (exact) mass is 444 g/mol. The van der Waals surface area contributed by atoms with Gasteiger partial charge in [0.05, 0.1) is 6.54 Å². The van der Waals surface area contributed by atoms with E-state index in [9.17, 15) is 5.11 Å². The first-order valence-electron chi connectivity index (χ1n) is 8.21. The molecule has 0 aromatic heterocycles. The molecule has 1 heterocycles. The van der Waals surface area contributed by atoms with Crippen LogP contribution in [0.4, 0.5) is 5.69 Å². The number of rotatable bonds is 6. The normalized spacial score (nSPS) is 15.8. The summed E-state index contributed by atoms with van der Waals surface area (Å²) >= 11 is 0. The number of anilines is 1. The maximum absolute atomic E-state index is 9.21. The molecule has 0 radical (unpaired) electrons. The predicted octanol–water partition coefficient (Wildman–Crippen LogP) is 2.49. The number of benzene rings is 1. The minimum absolute atomic E-state index is 0. The average molecular weight is 444 g/mol. The van der Waals surface area contributed by atoms with Crippen molar-refractivity contribution in [1.29, 1.82) is 0 Å². The summed E-state index contributed by atoms with van der Waals surface area (Å²) in [7, 11) is 0. The van der Waals surface area contributed by atoms with Crippen molar-refractivity contribution in [1.82, 2.24) is 5.32 Å². The first kappa shape index (κ1) is 20.8. The van der Waals surface area contributed by atoms with Crippen molar-refractivity contribution in [2.24, 2.45) is 16.6 Å². The summed E-state index contributed by atoms with van der Waals surface area (Å²) in [5, 5.41) is 12.2. The number of nitrogens with zero attached hydrogens (tertiary/aromatic N) is 2. The molecule has 6 heteroatoms. The molecular weight excluding hydrogens is 415 g/mol. The number of aliphatic hydroxyl groups excluding tert-OH is 1. The van der Waals surface area contributed by atoms with Crippen LogP contribution in [0.2, 0.25) is 0 Å². The first-order valence-corrected chi connectivity index (χ1v) is 8.21. The Bertz CT molecular complexity index is 536. The van der Waals surface area contributed by atoms with E-state index in [1.54, 1.807) is 0 Å². The maximum atomic E-state index is 9.21. The Morgan fingerprint density at radius 3 is 2.50 bits per heavy atom. The number of nitrogens with one attached hydrogen (secondary N) is 1. The number of aliphatic hydroxyl groups is 1. The van der Waals surface area contributed by atoms with Crippen LogP contribution in [-0.2, 0) is 6.54 Å². The largest absolute Gasteiger partial charge is 0.396 e. The first-order chi connectivity index (χ1) is 11.1. The van der Waals surface area contributed by atoms with Gasteiger partial charge in [0, 0.05) is 31.9 Å². The number of halogens is 1. The van der Waals surface area contributed by atoms with Crippen molar-refractivity contribution < 1.29 is 5.11 Å². The van der Waals surface area contributed by atoms with Crippen molar-refractivity contribution in [2.45, 2.75) is 26.3 Å². The van der Waals surface area contributed by atoms with Gasteiger partial charge in [0.25, 0.3) is 0 Å². The molecule has 1 saturated heterocycles. The second kappa shape index (κ2) is 10.6. The Hall–Kier alpha value is -1.28. The number of piperidine rings is 1. The lowest BCUT2D eigenvalue weighted by molar-refractivity contribution is 0.203. The summed E-state index contributed by atoms with van der Waals surface area (Å²) in [6, 6.07) is 8.48. The minimum Gasteiger partial charge on any atom is -0.396 e. The predicted molar refractivity (Wildman–Crippen MR) is 112 cm³/mol. The molecule has 0 amide bonds. The van der Waals surface area contributed by atoms with Gasteiger partial charge in [-0.2, -0.15) is 0 Å². The van der Waals surface area contributed by atoms with Gasteiger partial charge in [0.15, 0.2) is 5.96 Å². The van der Waals surface area contributed by atoms with Crippen LogP contribution in [0.25, 0.3) is 0 Å². The smallest absolute Gasteiger partial charge is 0.189 e. The molecule has 1 fully saturated rings. The van der Waals surface area contributed by atoms with E-state index in [2.05, 4.69) is 46.1 Å². The molecule has 2 rings (SSSR count). The van der Waals surface area contributed by atoms with Gasteiger partial charge in [-0.1, -0.05) is 24.3 Å². The Morgan fingerprint density at radius 2 is 1.96 bits per heavy atom. The lowest BCUT2D eigenvalue weighted by atomic mass is 9.97. The van der Waals surface area contributed by atoms with E-state index in [1.807, 2.05) is 6.92 Å². The summed E-state index contributed by atoms with van der Waals surface area (Å²) in [5.41, 5.74) is 9.21. The zero-order chi connectivity index (χ0) is 16.7. The molecular formula is C18H29IN4O. The van der Waals surface area contributed by atoms with Crippen LogP contribution < -0.4 is 16.0 Å². The van der Waals surface area contributed by atoms with Crippen molar-refractivity contribution in [3.8, 4) is 0 Å². The summed E-state index contributed by atoms with van der Waals surface area (Å²) < 4.78 is 0. The van der Waals surface area contributed by atoms with Crippen LogP contribution in [-0.4, -0.2) is 37.3 Å². The molecule has 24 heavy (non-hydrogen) atoms. The van der Waals surface area contributed by atoms with E-state index in [4.69, 9.17) is 5.73 Å². The van der Waals surface area contributed by atoms with E-state index >= 15 is 0 Å². The lowest BCUT2D eigenvalue weighted by Gasteiger charge is -2.32. The standard InChI is InChI=1S/C18H28N4O.HI/c1-14(2)11-20-18(19)21-12-15-3-5-17(6-4-15)22-9-7-16(13-23)8-10-22;/h3-6,16,23H,1,7-13H2,2H3,(H3,19,20,21);1H. The van der Waals surface area contributed by atoms with Crippen LogP contribution in [0.3, 0.4) is 0 Å². The van der Waals surface area contributed by atoms with Crippen molar-refractivity contribution >= 4 is 35.6 Å². The van der Waals surface area contributed by atoms with Crippen LogP contribution in [0.15, 0.2) is 41.4 Å². The van der Waals surface area contributed by atoms with Gasteiger partial charge < -0.3 is 21.1 Å². The van der Waals surface area contributed by atoms with E-state index in [0.717, 1.165) is 37.1 Å². The van der Waals surface area contributed by atoms with E-state index in [-0.39, 0.29) is 24.0 Å². The fraction of sp³-hybridized carbons (Fsp3) is 0.500. The molecule has 0 spiro atoms. The summed E-state index contributed by atoms with van der Waals surface area (Å²) in [6.45, 7) is 9.33. The number of nitrogens with two attached hydrogens (primary N) is 1. The van der Waals surface area contributed by atoms with Gasteiger partial charge in [0.2, 0.25) is 0 Å². The molecule has 0 aliphatic carbocycles. The molecule has 5 nitrogen and oxygen atoms in total. The van der Waals surface area contributed by atoms with Gasteiger partial charge >= 0.3 is 0 Å². The molecule has 0 unspecified atom stereocenters. The highest BCUT2D eigenvalue weighted by molar-refractivity contribution is 14.0. The number of hydrogen-bond donors (Lipinski definition) is 3. The Morgan fingerprint density at radius 1 is 1.33 bits per heavy atom. The van der Waals surface area contributed by atoms with Gasteiger partial charge in [-0.3, -0.25) is 0 Å². The number of guanidine groups is 1. The SMILES string of the molecule is C=C(C)CNC(N)=NCc1ccc(N2CCC(CO)CC2)cc1.I. The van der Waals surface area contributed by atoms with Crippen LogP contribution in [0.5, 0.6) is 0 Å². The Kier molecular flexibility index (Phi) is 9.13. The second-order valence-electron chi connectivity index (χ2n) is 6.29. The third-order valence-electron chi connectivity index (χ3n) is 4.18. The Labute approximate surface area is 162 Å².